The van der Waals surface area contributed by atoms with Crippen molar-refractivity contribution in [3.63, 3.8) is 0 Å². The maximum absolute atomic E-state index is 12.1. The summed E-state index contributed by atoms with van der Waals surface area (Å²) in [7, 11) is 0. The van der Waals surface area contributed by atoms with Crippen molar-refractivity contribution in [3.05, 3.63) is 55.1 Å². The summed E-state index contributed by atoms with van der Waals surface area (Å²) in [5.74, 6) is -0.444. The van der Waals surface area contributed by atoms with Crippen molar-refractivity contribution in [1.82, 2.24) is 4.90 Å². The molecule has 3 N–H and O–H groups in total. The molecule has 106 valence electrons. The normalized spacial score (nSPS) is 9.60. The number of primary amides is 1. The van der Waals surface area contributed by atoms with E-state index in [1.165, 1.54) is 0 Å². The first-order valence-corrected chi connectivity index (χ1v) is 6.22. The molecule has 1 aromatic carbocycles. The quantitative estimate of drug-likeness (QED) is 0.745. The summed E-state index contributed by atoms with van der Waals surface area (Å²) in [6.45, 7) is 8.05. The van der Waals surface area contributed by atoms with Crippen molar-refractivity contribution in [2.75, 3.05) is 18.4 Å². The van der Waals surface area contributed by atoms with Gasteiger partial charge in [-0.2, -0.15) is 0 Å². The molecule has 3 amide bonds. The number of rotatable bonds is 7. The molecule has 0 aliphatic heterocycles. The lowest BCUT2D eigenvalue weighted by Gasteiger charge is -2.20. The van der Waals surface area contributed by atoms with Crippen LogP contribution in [0.5, 0.6) is 0 Å². The van der Waals surface area contributed by atoms with Crippen molar-refractivity contribution in [3.8, 4) is 0 Å². The van der Waals surface area contributed by atoms with Crippen LogP contribution in [0.3, 0.4) is 0 Å². The lowest BCUT2D eigenvalue weighted by atomic mass is 10.1. The lowest BCUT2D eigenvalue weighted by Crippen LogP contribution is -2.35. The molecule has 0 fully saturated rings. The van der Waals surface area contributed by atoms with E-state index < -0.39 is 5.91 Å². The molecule has 0 heterocycles. The number of hydrogen-bond donors (Lipinski definition) is 2. The van der Waals surface area contributed by atoms with Gasteiger partial charge in [-0.15, -0.1) is 13.2 Å². The summed E-state index contributed by atoms with van der Waals surface area (Å²) in [5, 5.41) is 2.77. The van der Waals surface area contributed by atoms with Gasteiger partial charge in [0.15, 0.2) is 0 Å². The Balaban J connectivity index is 2.85. The summed E-state index contributed by atoms with van der Waals surface area (Å²) >= 11 is 0. The molecule has 0 saturated carbocycles. The summed E-state index contributed by atoms with van der Waals surface area (Å²) in [4.78, 5) is 24.7. The Morgan fingerprint density at radius 3 is 2.35 bits per heavy atom. The molecule has 5 nitrogen and oxygen atoms in total. The predicted octanol–water partition coefficient (Wildman–Crippen LogP) is 1.92. The Hall–Kier alpha value is -2.56. The maximum Gasteiger partial charge on any atom is 0.322 e. The highest BCUT2D eigenvalue weighted by Gasteiger charge is 2.13. The zero-order valence-corrected chi connectivity index (χ0v) is 11.3. The zero-order chi connectivity index (χ0) is 15.0. The first-order chi connectivity index (χ1) is 9.58. The van der Waals surface area contributed by atoms with E-state index >= 15 is 0 Å². The van der Waals surface area contributed by atoms with E-state index in [0.717, 1.165) is 0 Å². The van der Waals surface area contributed by atoms with Gasteiger partial charge in [-0.25, -0.2) is 4.79 Å². The average molecular weight is 273 g/mol. The second kappa shape index (κ2) is 7.78. The molecule has 1 aromatic rings. The average Bonchev–Trinajstić information content (AvgIpc) is 2.40. The third kappa shape index (κ3) is 4.61. The Labute approximate surface area is 118 Å². The number of nitrogens with one attached hydrogen (secondary N) is 1. The minimum Gasteiger partial charge on any atom is -0.369 e. The topological polar surface area (TPSA) is 75.4 Å². The highest BCUT2D eigenvalue weighted by Crippen LogP contribution is 2.16. The number of anilines is 1. The second-order valence-electron chi connectivity index (χ2n) is 4.21. The molecule has 0 atom stereocenters. The van der Waals surface area contributed by atoms with Gasteiger partial charge in [0.05, 0.1) is 6.42 Å². The van der Waals surface area contributed by atoms with Crippen molar-refractivity contribution in [2.24, 2.45) is 5.73 Å². The molecule has 1 rings (SSSR count). The highest BCUT2D eigenvalue weighted by atomic mass is 16.2. The van der Waals surface area contributed by atoms with E-state index in [2.05, 4.69) is 18.5 Å². The monoisotopic (exact) mass is 273 g/mol. The number of hydrogen-bond acceptors (Lipinski definition) is 2. The van der Waals surface area contributed by atoms with Crippen molar-refractivity contribution in [2.45, 2.75) is 6.42 Å². The van der Waals surface area contributed by atoms with Gasteiger partial charge < -0.3 is 16.0 Å². The number of benzene rings is 1. The van der Waals surface area contributed by atoms with E-state index in [1.807, 2.05) is 0 Å². The molecule has 0 aromatic heterocycles. The van der Waals surface area contributed by atoms with Gasteiger partial charge in [0, 0.05) is 18.8 Å². The standard InChI is InChI=1S/C15H19N3O2/c1-3-9-18(10-4-2)15(20)17-13-8-6-5-7-12(13)11-14(16)19/h3-8H,1-2,9-11H2,(H2,16,19)(H,17,20). The van der Waals surface area contributed by atoms with Crippen molar-refractivity contribution < 1.29 is 9.59 Å². The van der Waals surface area contributed by atoms with Gasteiger partial charge in [0.25, 0.3) is 0 Å². The van der Waals surface area contributed by atoms with E-state index in [0.29, 0.717) is 24.3 Å². The number of para-hydroxylation sites is 1. The maximum atomic E-state index is 12.1. The zero-order valence-electron chi connectivity index (χ0n) is 11.3. The molecular weight excluding hydrogens is 254 g/mol. The van der Waals surface area contributed by atoms with Crippen LogP contribution in [-0.4, -0.2) is 29.9 Å². The van der Waals surface area contributed by atoms with E-state index in [-0.39, 0.29) is 12.5 Å². The molecule has 5 heteroatoms. The van der Waals surface area contributed by atoms with Crippen LogP contribution in [0.2, 0.25) is 0 Å². The Morgan fingerprint density at radius 2 is 1.80 bits per heavy atom. The Morgan fingerprint density at radius 1 is 1.20 bits per heavy atom. The number of urea groups is 1. The van der Waals surface area contributed by atoms with Gasteiger partial charge in [0.2, 0.25) is 5.91 Å². The van der Waals surface area contributed by atoms with Crippen LogP contribution in [0.25, 0.3) is 0 Å². The van der Waals surface area contributed by atoms with Crippen LogP contribution in [0, 0.1) is 0 Å². The smallest absolute Gasteiger partial charge is 0.322 e. The van der Waals surface area contributed by atoms with Crippen LogP contribution in [-0.2, 0) is 11.2 Å². The molecule has 0 radical (unpaired) electrons. The molecule has 0 bridgehead atoms. The van der Waals surface area contributed by atoms with E-state index in [1.54, 1.807) is 41.3 Å². The van der Waals surface area contributed by atoms with Crippen molar-refractivity contribution >= 4 is 17.6 Å². The van der Waals surface area contributed by atoms with E-state index in [4.69, 9.17) is 5.73 Å². The Bertz CT molecular complexity index is 502. The third-order valence-electron chi connectivity index (χ3n) is 2.61. The fourth-order valence-electron chi connectivity index (χ4n) is 1.73. The molecule has 0 aliphatic carbocycles. The number of nitrogens with zero attached hydrogens (tertiary/aromatic N) is 1. The van der Waals surface area contributed by atoms with Crippen LogP contribution in [0.4, 0.5) is 10.5 Å². The summed E-state index contributed by atoms with van der Waals surface area (Å²) in [5.41, 5.74) is 6.45. The predicted molar refractivity (Wildman–Crippen MR) is 80.3 cm³/mol. The fourth-order valence-corrected chi connectivity index (χ4v) is 1.73. The van der Waals surface area contributed by atoms with Gasteiger partial charge in [0.1, 0.15) is 0 Å². The van der Waals surface area contributed by atoms with Crippen molar-refractivity contribution in [1.29, 1.82) is 0 Å². The largest absolute Gasteiger partial charge is 0.369 e. The SMILES string of the molecule is C=CCN(CC=C)C(=O)Nc1ccccc1CC(N)=O. The number of amides is 3. The first-order valence-electron chi connectivity index (χ1n) is 6.22. The summed E-state index contributed by atoms with van der Waals surface area (Å²) < 4.78 is 0. The number of carbonyl (C=O) groups is 2. The molecule has 0 unspecified atom stereocenters. The van der Waals surface area contributed by atoms with Crippen LogP contribution in [0.1, 0.15) is 5.56 Å². The first kappa shape index (κ1) is 15.5. The number of nitrogens with two attached hydrogens (primary N) is 1. The fraction of sp³-hybridized carbons (Fsp3) is 0.200. The van der Waals surface area contributed by atoms with Gasteiger partial charge in [-0.1, -0.05) is 30.4 Å². The van der Waals surface area contributed by atoms with Crippen LogP contribution >= 0.6 is 0 Å². The second-order valence-corrected chi connectivity index (χ2v) is 4.21. The summed E-state index contributed by atoms with van der Waals surface area (Å²) in [6, 6.07) is 6.79. The minimum absolute atomic E-state index is 0.0827. The molecule has 0 spiro atoms. The highest BCUT2D eigenvalue weighted by molar-refractivity contribution is 5.91. The summed E-state index contributed by atoms with van der Waals surface area (Å²) in [6.07, 6.45) is 3.36. The number of carbonyl (C=O) groups excluding carboxylic acids is 2. The molecular formula is C15H19N3O2. The minimum atomic E-state index is -0.444. The molecule has 0 saturated heterocycles. The lowest BCUT2D eigenvalue weighted by molar-refractivity contribution is -0.117. The molecule has 20 heavy (non-hydrogen) atoms. The third-order valence-corrected chi connectivity index (χ3v) is 2.61. The van der Waals surface area contributed by atoms with Gasteiger partial charge in [-0.3, -0.25) is 4.79 Å². The van der Waals surface area contributed by atoms with Crippen LogP contribution < -0.4 is 11.1 Å². The van der Waals surface area contributed by atoms with Gasteiger partial charge in [-0.05, 0) is 11.6 Å². The Kier molecular flexibility index (Phi) is 6.03. The molecule has 0 aliphatic rings. The van der Waals surface area contributed by atoms with Gasteiger partial charge >= 0.3 is 6.03 Å². The van der Waals surface area contributed by atoms with E-state index in [9.17, 15) is 9.59 Å². The van der Waals surface area contributed by atoms with Crippen LogP contribution in [0.15, 0.2) is 49.6 Å².